The maximum atomic E-state index is 12.3. The average Bonchev–Trinajstić information content (AvgIpc) is 3.04. The molecule has 0 spiro atoms. The van der Waals surface area contributed by atoms with Crippen molar-refractivity contribution in [3.05, 3.63) is 21.9 Å². The zero-order valence-electron chi connectivity index (χ0n) is 15.3. The Morgan fingerprint density at radius 3 is 2.76 bits per heavy atom. The predicted octanol–water partition coefficient (Wildman–Crippen LogP) is -2.50. The summed E-state index contributed by atoms with van der Waals surface area (Å²) in [6.45, 7) is 3.99. The van der Waals surface area contributed by atoms with Gasteiger partial charge in [0, 0.05) is 16.2 Å². The van der Waals surface area contributed by atoms with Crippen LogP contribution in [0.5, 0.6) is 0 Å². The van der Waals surface area contributed by atoms with Gasteiger partial charge >= 0.3 is 35.5 Å². The fourth-order valence-corrected chi connectivity index (χ4v) is 5.66. The minimum atomic E-state index is -1.01. The molecule has 0 aromatic carbocycles. The number of nitrogens with two attached hydrogens (primary N) is 1. The number of carbonyl (C=O) groups excluding carboxylic acids is 2. The number of aliphatic carboxylic acids is 1. The standard InChI is InChI=1S/C15H19N3O4S2.Na.H/c1-15(2)11(14(21)22)18-12(20)10(13(18)24-15)17-9(19)5-7-3-4-23-8(7)6-16;;/h3-4,10-11,13H,5-6,16H2,1-2H3,(H,17,19)(H,21,22);;/q;+1;-1/t10?,11-,13+;;/m0../s1. The summed E-state index contributed by atoms with van der Waals surface area (Å²) in [5.41, 5.74) is 6.50. The van der Waals surface area contributed by atoms with Crippen molar-refractivity contribution in [2.24, 2.45) is 5.73 Å². The summed E-state index contributed by atoms with van der Waals surface area (Å²) in [5.74, 6) is -1.60. The van der Waals surface area contributed by atoms with Gasteiger partial charge in [0.05, 0.1) is 6.42 Å². The smallest absolute Gasteiger partial charge is 1.00 e. The molecule has 3 heterocycles. The molecular weight excluding hydrogens is 373 g/mol. The number of hydrogen-bond acceptors (Lipinski definition) is 6. The molecule has 2 saturated heterocycles. The van der Waals surface area contributed by atoms with E-state index in [9.17, 15) is 19.5 Å². The van der Waals surface area contributed by atoms with E-state index in [4.69, 9.17) is 5.73 Å². The Balaban J connectivity index is 0.00000169. The number of carboxylic acids is 1. The summed E-state index contributed by atoms with van der Waals surface area (Å²) in [7, 11) is 0. The third-order valence-electron chi connectivity index (χ3n) is 4.37. The van der Waals surface area contributed by atoms with Crippen LogP contribution in [0.25, 0.3) is 0 Å². The second-order valence-electron chi connectivity index (χ2n) is 6.39. The minimum Gasteiger partial charge on any atom is -1.00 e. The molecule has 2 aliphatic heterocycles. The number of rotatable bonds is 5. The molecule has 2 fully saturated rings. The van der Waals surface area contributed by atoms with E-state index >= 15 is 0 Å². The maximum absolute atomic E-state index is 12.3. The van der Waals surface area contributed by atoms with Gasteiger partial charge in [-0.25, -0.2) is 4.79 Å². The normalized spacial score (nSPS) is 26.4. The molecule has 0 aliphatic carbocycles. The first kappa shape index (κ1) is 20.7. The van der Waals surface area contributed by atoms with E-state index < -0.39 is 22.8 Å². The monoisotopic (exact) mass is 393 g/mol. The molecule has 10 heteroatoms. The molecule has 2 amide bonds. The molecule has 0 saturated carbocycles. The van der Waals surface area contributed by atoms with Crippen molar-refractivity contribution in [1.29, 1.82) is 0 Å². The van der Waals surface area contributed by atoms with E-state index in [1.54, 1.807) is 13.8 Å². The Labute approximate surface area is 177 Å². The average molecular weight is 393 g/mol. The molecule has 7 nitrogen and oxygen atoms in total. The molecule has 3 atom stereocenters. The van der Waals surface area contributed by atoms with Gasteiger partial charge in [0.2, 0.25) is 11.8 Å². The third kappa shape index (κ3) is 3.63. The van der Waals surface area contributed by atoms with Crippen LogP contribution < -0.4 is 40.6 Å². The molecule has 3 rings (SSSR count). The second-order valence-corrected chi connectivity index (χ2v) is 9.16. The summed E-state index contributed by atoms with van der Waals surface area (Å²) in [6.07, 6.45) is 0.170. The van der Waals surface area contributed by atoms with Crippen molar-refractivity contribution in [2.75, 3.05) is 0 Å². The summed E-state index contributed by atoms with van der Waals surface area (Å²) in [4.78, 5) is 38.4. The second kappa shape index (κ2) is 7.58. The van der Waals surface area contributed by atoms with Crippen molar-refractivity contribution in [2.45, 2.75) is 49.0 Å². The molecule has 0 bridgehead atoms. The van der Waals surface area contributed by atoms with Gasteiger partial charge in [-0.1, -0.05) is 0 Å². The Morgan fingerprint density at radius 1 is 1.48 bits per heavy atom. The number of thiophene rings is 1. The SMILES string of the molecule is CC1(C)S[C@@H]2C(NC(=O)Cc3ccsc3CN)C(=O)N2[C@H]1C(=O)O.[H-].[Na+]. The number of carbonyl (C=O) groups is 3. The zero-order chi connectivity index (χ0) is 17.6. The van der Waals surface area contributed by atoms with Crippen LogP contribution in [-0.4, -0.2) is 50.0 Å². The summed E-state index contributed by atoms with van der Waals surface area (Å²) in [5, 5.41) is 13.7. The molecule has 1 aromatic rings. The molecule has 1 unspecified atom stereocenters. The number of amides is 2. The first-order valence-electron chi connectivity index (χ1n) is 7.53. The number of nitrogens with one attached hydrogen (secondary N) is 1. The van der Waals surface area contributed by atoms with E-state index in [1.807, 2.05) is 11.4 Å². The summed E-state index contributed by atoms with van der Waals surface area (Å²) in [6, 6.07) is 0.329. The maximum Gasteiger partial charge on any atom is 1.00 e. The molecule has 4 N–H and O–H groups in total. The molecule has 2 aliphatic rings. The molecular formula is C15H20N3NaO4S2. The van der Waals surface area contributed by atoms with Gasteiger partial charge in [-0.2, -0.15) is 0 Å². The van der Waals surface area contributed by atoms with Crippen LogP contribution in [0.2, 0.25) is 0 Å². The Bertz CT molecular complexity index is 715. The number of β-lactam (4-membered cyclic amide) rings is 1. The molecule has 1 aromatic heterocycles. The van der Waals surface area contributed by atoms with Crippen LogP contribution in [0.1, 0.15) is 25.7 Å². The Hall–Kier alpha value is -0.580. The minimum absolute atomic E-state index is 0. The van der Waals surface area contributed by atoms with E-state index in [1.165, 1.54) is 28.0 Å². The van der Waals surface area contributed by atoms with Crippen LogP contribution in [0.4, 0.5) is 0 Å². The van der Waals surface area contributed by atoms with Gasteiger partial charge in [-0.15, -0.1) is 23.1 Å². The number of thioether (sulfide) groups is 1. The largest absolute Gasteiger partial charge is 1.00 e. The van der Waals surface area contributed by atoms with E-state index in [0.717, 1.165) is 10.4 Å². The quantitative estimate of drug-likeness (QED) is 0.377. The van der Waals surface area contributed by atoms with Crippen molar-refractivity contribution >= 4 is 40.9 Å². The van der Waals surface area contributed by atoms with Crippen molar-refractivity contribution in [1.82, 2.24) is 10.2 Å². The number of nitrogens with zero attached hydrogens (tertiary/aromatic N) is 1. The fraction of sp³-hybridized carbons (Fsp3) is 0.533. The zero-order valence-corrected chi connectivity index (χ0v) is 17.9. The van der Waals surface area contributed by atoms with Crippen LogP contribution in [0.3, 0.4) is 0 Å². The Kier molecular flexibility index (Phi) is 6.28. The third-order valence-corrected chi connectivity index (χ3v) is 6.92. The van der Waals surface area contributed by atoms with E-state index in [0.29, 0.717) is 6.54 Å². The molecule has 25 heavy (non-hydrogen) atoms. The summed E-state index contributed by atoms with van der Waals surface area (Å²) < 4.78 is -0.592. The topological polar surface area (TPSA) is 113 Å². The van der Waals surface area contributed by atoms with Crippen molar-refractivity contribution in [3.63, 3.8) is 0 Å². The summed E-state index contributed by atoms with van der Waals surface area (Å²) >= 11 is 2.91. The van der Waals surface area contributed by atoms with Gasteiger partial charge in [-0.05, 0) is 30.9 Å². The van der Waals surface area contributed by atoms with Crippen LogP contribution >= 0.6 is 23.1 Å². The van der Waals surface area contributed by atoms with Crippen molar-refractivity contribution < 1.29 is 50.5 Å². The number of fused-ring (bicyclic) bond motifs is 1. The van der Waals surface area contributed by atoms with Gasteiger partial charge in [0.15, 0.2) is 0 Å². The van der Waals surface area contributed by atoms with E-state index in [-0.39, 0.29) is 54.6 Å². The van der Waals surface area contributed by atoms with Crippen molar-refractivity contribution in [3.8, 4) is 0 Å². The molecule has 0 radical (unpaired) electrons. The van der Waals surface area contributed by atoms with Crippen LogP contribution in [-0.2, 0) is 27.3 Å². The first-order valence-corrected chi connectivity index (χ1v) is 9.29. The van der Waals surface area contributed by atoms with Gasteiger partial charge < -0.3 is 22.5 Å². The van der Waals surface area contributed by atoms with Gasteiger partial charge in [0.25, 0.3) is 0 Å². The molecule has 132 valence electrons. The Morgan fingerprint density at radius 2 is 2.16 bits per heavy atom. The van der Waals surface area contributed by atoms with E-state index in [2.05, 4.69) is 5.32 Å². The first-order chi connectivity index (χ1) is 11.3. The van der Waals surface area contributed by atoms with Crippen LogP contribution in [0.15, 0.2) is 11.4 Å². The number of hydrogen-bond donors (Lipinski definition) is 3. The number of carboxylic acid groups (broad SMARTS) is 1. The van der Waals surface area contributed by atoms with Crippen LogP contribution in [0, 0.1) is 0 Å². The van der Waals surface area contributed by atoms with Gasteiger partial charge in [-0.3, -0.25) is 9.59 Å². The van der Waals surface area contributed by atoms with Gasteiger partial charge in [0.1, 0.15) is 17.5 Å². The predicted molar refractivity (Wildman–Crippen MR) is 92.7 cm³/mol. The fourth-order valence-electron chi connectivity index (χ4n) is 3.25.